The number of benzene rings is 1. The Morgan fingerprint density at radius 2 is 2.13 bits per heavy atom. The Morgan fingerprint density at radius 1 is 1.29 bits per heavy atom. The highest BCUT2D eigenvalue weighted by molar-refractivity contribution is 7.14. The van der Waals surface area contributed by atoms with Crippen molar-refractivity contribution < 1.29 is 18.8 Å². The van der Waals surface area contributed by atoms with Gasteiger partial charge in [0.2, 0.25) is 11.8 Å². The van der Waals surface area contributed by atoms with Crippen LogP contribution in [0.15, 0.2) is 40.1 Å². The summed E-state index contributed by atoms with van der Waals surface area (Å²) in [7, 11) is 0. The van der Waals surface area contributed by atoms with Crippen molar-refractivity contribution in [1.29, 1.82) is 0 Å². The van der Waals surface area contributed by atoms with E-state index in [0.29, 0.717) is 51.6 Å². The molecule has 1 saturated heterocycles. The summed E-state index contributed by atoms with van der Waals surface area (Å²) in [5.74, 6) is 0.587. The van der Waals surface area contributed by atoms with E-state index in [9.17, 15) is 14.4 Å². The lowest BCUT2D eigenvalue weighted by Gasteiger charge is -2.19. The van der Waals surface area contributed by atoms with E-state index in [1.807, 2.05) is 0 Å². The van der Waals surface area contributed by atoms with Gasteiger partial charge in [0.05, 0.1) is 17.8 Å². The van der Waals surface area contributed by atoms with E-state index in [0.717, 1.165) is 6.42 Å². The van der Waals surface area contributed by atoms with Crippen molar-refractivity contribution >= 4 is 51.5 Å². The summed E-state index contributed by atoms with van der Waals surface area (Å²) < 4.78 is 5.69. The van der Waals surface area contributed by atoms with Crippen molar-refractivity contribution in [2.75, 3.05) is 16.8 Å². The molecule has 8 nitrogen and oxygen atoms in total. The zero-order valence-corrected chi connectivity index (χ0v) is 18.2. The van der Waals surface area contributed by atoms with Crippen molar-refractivity contribution in [2.45, 2.75) is 26.3 Å². The zero-order chi connectivity index (χ0) is 22.0. The number of nitrogens with zero attached hydrogens (tertiary/aromatic N) is 2. The van der Waals surface area contributed by atoms with Gasteiger partial charge < -0.3 is 14.6 Å². The normalized spacial score (nSPS) is 13.5. The minimum Gasteiger partial charge on any atom is -0.458 e. The van der Waals surface area contributed by atoms with Gasteiger partial charge in [-0.3, -0.25) is 19.7 Å². The first-order valence-corrected chi connectivity index (χ1v) is 10.9. The van der Waals surface area contributed by atoms with Crippen LogP contribution in [0.5, 0.6) is 0 Å². The molecule has 1 aliphatic rings. The van der Waals surface area contributed by atoms with Crippen molar-refractivity contribution in [3.63, 3.8) is 0 Å². The van der Waals surface area contributed by atoms with Crippen LogP contribution < -0.4 is 15.5 Å². The summed E-state index contributed by atoms with van der Waals surface area (Å²) in [6, 6.07) is 8.37. The number of carbonyl (C=O) groups excluding carboxylic acids is 3. The standard InChI is InChI=1S/C21H19ClN4O4S/c1-12(27)23-10-14-5-7-18(30-14)16-11-31-21(24-16)25-20(29)15-6-4-13(22)9-17(15)26-8-2-3-19(26)28/h4-7,9,11H,2-3,8,10H2,1H3,(H,23,27)(H,24,25,29). The highest BCUT2D eigenvalue weighted by Crippen LogP contribution is 2.31. The predicted molar refractivity (Wildman–Crippen MR) is 118 cm³/mol. The topological polar surface area (TPSA) is 105 Å². The van der Waals surface area contributed by atoms with Gasteiger partial charge in [0.1, 0.15) is 11.5 Å². The van der Waals surface area contributed by atoms with Crippen LogP contribution in [0.2, 0.25) is 5.02 Å². The molecule has 10 heteroatoms. The van der Waals surface area contributed by atoms with E-state index in [-0.39, 0.29) is 24.3 Å². The van der Waals surface area contributed by atoms with Gasteiger partial charge in [0.15, 0.2) is 10.9 Å². The molecule has 1 aromatic carbocycles. The fraction of sp³-hybridized carbons (Fsp3) is 0.238. The number of carbonyl (C=O) groups is 3. The Balaban J connectivity index is 1.50. The third-order valence-electron chi connectivity index (χ3n) is 4.72. The number of amides is 3. The van der Waals surface area contributed by atoms with Gasteiger partial charge in [-0.2, -0.15) is 0 Å². The van der Waals surface area contributed by atoms with Crippen LogP contribution in [0.4, 0.5) is 10.8 Å². The Kier molecular flexibility index (Phi) is 6.06. The Bertz CT molecular complexity index is 1160. The van der Waals surface area contributed by atoms with E-state index in [1.54, 1.807) is 40.6 Å². The number of rotatable bonds is 6. The third-order valence-corrected chi connectivity index (χ3v) is 5.71. The molecule has 0 radical (unpaired) electrons. The highest BCUT2D eigenvalue weighted by Gasteiger charge is 2.26. The van der Waals surface area contributed by atoms with E-state index in [1.165, 1.54) is 18.3 Å². The number of hydrogen-bond acceptors (Lipinski definition) is 6. The average molecular weight is 459 g/mol. The monoisotopic (exact) mass is 458 g/mol. The van der Waals surface area contributed by atoms with Crippen LogP contribution in [-0.2, 0) is 16.1 Å². The lowest BCUT2D eigenvalue weighted by molar-refractivity contribution is -0.119. The average Bonchev–Trinajstić information content (AvgIpc) is 3.47. The van der Waals surface area contributed by atoms with Crippen LogP contribution in [0, 0.1) is 0 Å². The molecule has 2 N–H and O–H groups in total. The molecule has 3 amide bonds. The largest absolute Gasteiger partial charge is 0.458 e. The molecule has 2 aromatic heterocycles. The molecule has 0 atom stereocenters. The summed E-state index contributed by atoms with van der Waals surface area (Å²) >= 11 is 7.36. The molecule has 1 aliphatic heterocycles. The van der Waals surface area contributed by atoms with Crippen molar-refractivity contribution in [3.8, 4) is 11.5 Å². The van der Waals surface area contributed by atoms with E-state index in [2.05, 4.69) is 15.6 Å². The molecule has 3 heterocycles. The molecule has 3 aromatic rings. The van der Waals surface area contributed by atoms with Gasteiger partial charge in [-0.15, -0.1) is 11.3 Å². The molecule has 0 saturated carbocycles. The Morgan fingerprint density at radius 3 is 2.87 bits per heavy atom. The number of thiazole rings is 1. The van der Waals surface area contributed by atoms with Gasteiger partial charge in [-0.1, -0.05) is 11.6 Å². The Labute approximate surface area is 187 Å². The molecular weight excluding hydrogens is 440 g/mol. The molecule has 160 valence electrons. The molecule has 1 fully saturated rings. The number of aromatic nitrogens is 1. The van der Waals surface area contributed by atoms with Gasteiger partial charge in [-0.25, -0.2) is 4.98 Å². The van der Waals surface area contributed by atoms with Crippen molar-refractivity contribution in [1.82, 2.24) is 10.3 Å². The fourth-order valence-corrected chi connectivity index (χ4v) is 4.12. The first-order chi connectivity index (χ1) is 14.9. The first-order valence-electron chi connectivity index (χ1n) is 9.61. The van der Waals surface area contributed by atoms with Gasteiger partial charge in [0.25, 0.3) is 5.91 Å². The lowest BCUT2D eigenvalue weighted by Crippen LogP contribution is -2.27. The van der Waals surface area contributed by atoms with Crippen molar-refractivity contribution in [3.05, 3.63) is 52.1 Å². The second-order valence-corrected chi connectivity index (χ2v) is 8.27. The maximum absolute atomic E-state index is 12.9. The van der Waals surface area contributed by atoms with Crippen LogP contribution >= 0.6 is 22.9 Å². The minimum absolute atomic E-state index is 0.0271. The summed E-state index contributed by atoms with van der Waals surface area (Å²) in [5, 5.41) is 8.07. The van der Waals surface area contributed by atoms with E-state index < -0.39 is 0 Å². The number of furan rings is 1. The molecule has 0 spiro atoms. The SMILES string of the molecule is CC(=O)NCc1ccc(-c2csc(NC(=O)c3ccc(Cl)cc3N3CCCC3=O)n2)o1. The fourth-order valence-electron chi connectivity index (χ4n) is 3.25. The number of nitrogens with one attached hydrogen (secondary N) is 2. The maximum atomic E-state index is 12.9. The Hall–Kier alpha value is -3.17. The van der Waals surface area contributed by atoms with E-state index >= 15 is 0 Å². The molecular formula is C21H19ClN4O4S. The van der Waals surface area contributed by atoms with Crippen LogP contribution in [0.1, 0.15) is 35.9 Å². The van der Waals surface area contributed by atoms with Crippen LogP contribution in [0.25, 0.3) is 11.5 Å². The lowest BCUT2D eigenvalue weighted by atomic mass is 10.1. The summed E-state index contributed by atoms with van der Waals surface area (Å²) in [6.07, 6.45) is 1.20. The predicted octanol–water partition coefficient (Wildman–Crippen LogP) is 4.07. The van der Waals surface area contributed by atoms with E-state index in [4.69, 9.17) is 16.0 Å². The number of halogens is 1. The van der Waals surface area contributed by atoms with Crippen molar-refractivity contribution in [2.24, 2.45) is 0 Å². The summed E-state index contributed by atoms with van der Waals surface area (Å²) in [4.78, 5) is 42.1. The molecule has 0 aliphatic carbocycles. The minimum atomic E-state index is -0.377. The molecule has 0 bridgehead atoms. The van der Waals surface area contributed by atoms with Crippen LogP contribution in [0.3, 0.4) is 0 Å². The maximum Gasteiger partial charge on any atom is 0.259 e. The van der Waals surface area contributed by atoms with Gasteiger partial charge >= 0.3 is 0 Å². The van der Waals surface area contributed by atoms with Crippen LogP contribution in [-0.4, -0.2) is 29.3 Å². The second-order valence-electron chi connectivity index (χ2n) is 6.98. The smallest absolute Gasteiger partial charge is 0.259 e. The zero-order valence-electron chi connectivity index (χ0n) is 16.6. The first kappa shape index (κ1) is 21.1. The summed E-state index contributed by atoms with van der Waals surface area (Å²) in [5.41, 5.74) is 1.42. The van der Waals surface area contributed by atoms with Gasteiger partial charge in [-0.05, 0) is 36.8 Å². The second kappa shape index (κ2) is 8.91. The summed E-state index contributed by atoms with van der Waals surface area (Å²) in [6.45, 7) is 2.28. The molecule has 0 unspecified atom stereocenters. The molecule has 31 heavy (non-hydrogen) atoms. The molecule has 4 rings (SSSR count). The number of anilines is 2. The highest BCUT2D eigenvalue weighted by atomic mass is 35.5. The third kappa shape index (κ3) is 4.78. The quantitative estimate of drug-likeness (QED) is 0.579. The van der Waals surface area contributed by atoms with Gasteiger partial charge in [0, 0.05) is 30.3 Å². The number of hydrogen-bond donors (Lipinski definition) is 2.